The van der Waals surface area contributed by atoms with E-state index in [0.29, 0.717) is 17.5 Å². The van der Waals surface area contributed by atoms with Gasteiger partial charge in [0.25, 0.3) is 0 Å². The van der Waals surface area contributed by atoms with Gasteiger partial charge in [-0.25, -0.2) is 15.0 Å². The normalized spacial score (nSPS) is 13.0. The standard InChI is InChI=1S/C58H35N3/c1-2-15-38(16-3-1)55-59-56(39-29-27-37(28-30-39)53-44-19-7-5-17-40(44)34-41-31-26-36-14-4-6-18-43(36)54(41)53)61-57(60-55)42-32-33-48-47-22-10-13-25-51(47)58(52(48)35-42)49-23-11-8-20-45(49)46-21-9-12-24-50(46)58/h1-35H. The summed E-state index contributed by atoms with van der Waals surface area (Å²) in [6, 6.07) is 76.8. The molecular weight excluding hydrogens is 739 g/mol. The summed E-state index contributed by atoms with van der Waals surface area (Å²) in [5, 5.41) is 7.44. The molecule has 282 valence electrons. The maximum absolute atomic E-state index is 5.30. The first-order valence-corrected chi connectivity index (χ1v) is 20.9. The molecule has 0 unspecified atom stereocenters. The Bertz CT molecular complexity index is 3520. The molecule has 1 spiro atoms. The lowest BCUT2D eigenvalue weighted by molar-refractivity contribution is 0.794. The Morgan fingerprint density at radius 3 is 1.39 bits per heavy atom. The average molecular weight is 774 g/mol. The van der Waals surface area contributed by atoms with E-state index >= 15 is 0 Å². The van der Waals surface area contributed by atoms with Crippen LogP contribution in [0, 0.1) is 0 Å². The number of rotatable bonds is 4. The van der Waals surface area contributed by atoms with Crippen molar-refractivity contribution in [2.45, 2.75) is 5.41 Å². The van der Waals surface area contributed by atoms with Gasteiger partial charge in [-0.1, -0.05) is 200 Å². The molecule has 1 aromatic heterocycles. The molecule has 0 aliphatic heterocycles. The van der Waals surface area contributed by atoms with Crippen molar-refractivity contribution in [3.8, 4) is 67.5 Å². The molecular formula is C58H35N3. The van der Waals surface area contributed by atoms with Crippen molar-refractivity contribution in [1.29, 1.82) is 0 Å². The second-order valence-electron chi connectivity index (χ2n) is 16.3. The van der Waals surface area contributed by atoms with Crippen molar-refractivity contribution in [3.05, 3.63) is 235 Å². The van der Waals surface area contributed by atoms with E-state index in [1.54, 1.807) is 0 Å². The first kappa shape index (κ1) is 33.9. The highest BCUT2D eigenvalue weighted by Gasteiger charge is 2.51. The van der Waals surface area contributed by atoms with Crippen LogP contribution < -0.4 is 0 Å². The van der Waals surface area contributed by atoms with Gasteiger partial charge in [-0.05, 0) is 100 Å². The molecule has 11 aromatic rings. The first-order chi connectivity index (χ1) is 30.2. The van der Waals surface area contributed by atoms with Gasteiger partial charge < -0.3 is 0 Å². The monoisotopic (exact) mass is 773 g/mol. The van der Waals surface area contributed by atoms with Crippen LogP contribution in [-0.2, 0) is 5.41 Å². The number of aromatic nitrogens is 3. The van der Waals surface area contributed by atoms with Crippen molar-refractivity contribution >= 4 is 32.3 Å². The Labute approximate surface area is 353 Å². The van der Waals surface area contributed by atoms with Gasteiger partial charge in [0, 0.05) is 16.7 Å². The topological polar surface area (TPSA) is 38.7 Å². The van der Waals surface area contributed by atoms with Crippen LogP contribution in [0.25, 0.3) is 99.9 Å². The van der Waals surface area contributed by atoms with Crippen LogP contribution in [0.1, 0.15) is 22.3 Å². The minimum absolute atomic E-state index is 0.458. The summed E-state index contributed by atoms with van der Waals surface area (Å²) in [5.74, 6) is 1.93. The van der Waals surface area contributed by atoms with Crippen LogP contribution in [0.2, 0.25) is 0 Å². The number of fused-ring (bicyclic) bond motifs is 14. The third-order valence-electron chi connectivity index (χ3n) is 13.1. The fourth-order valence-corrected chi connectivity index (χ4v) is 10.5. The molecule has 2 aliphatic rings. The molecule has 13 rings (SSSR count). The van der Waals surface area contributed by atoms with E-state index in [2.05, 4.69) is 194 Å². The maximum atomic E-state index is 5.30. The molecule has 0 N–H and O–H groups in total. The van der Waals surface area contributed by atoms with Crippen molar-refractivity contribution in [2.24, 2.45) is 0 Å². The highest BCUT2D eigenvalue weighted by Crippen LogP contribution is 2.63. The van der Waals surface area contributed by atoms with Gasteiger partial charge in [-0.3, -0.25) is 0 Å². The van der Waals surface area contributed by atoms with Crippen molar-refractivity contribution < 1.29 is 0 Å². The van der Waals surface area contributed by atoms with Gasteiger partial charge in [0.15, 0.2) is 17.5 Å². The minimum atomic E-state index is -0.458. The van der Waals surface area contributed by atoms with Crippen LogP contribution in [0.4, 0.5) is 0 Å². The SMILES string of the molecule is c1ccc(-c2nc(-c3ccc(-c4c5ccccc5cc5ccc6ccccc6c45)cc3)nc(-c3ccc4c(c3)C3(c5ccccc5-c5ccccc53)c3ccccc3-4)n2)cc1. The lowest BCUT2D eigenvalue weighted by Gasteiger charge is -2.30. The second kappa shape index (κ2) is 13.0. The Hall–Kier alpha value is -8.01. The third kappa shape index (κ3) is 4.89. The summed E-state index contributed by atoms with van der Waals surface area (Å²) in [6.45, 7) is 0. The zero-order chi connectivity index (χ0) is 40.1. The summed E-state index contributed by atoms with van der Waals surface area (Å²) >= 11 is 0. The third-order valence-corrected chi connectivity index (χ3v) is 13.1. The van der Waals surface area contributed by atoms with Gasteiger partial charge in [-0.2, -0.15) is 0 Å². The van der Waals surface area contributed by atoms with Gasteiger partial charge >= 0.3 is 0 Å². The van der Waals surface area contributed by atoms with Crippen LogP contribution >= 0.6 is 0 Å². The second-order valence-corrected chi connectivity index (χ2v) is 16.3. The van der Waals surface area contributed by atoms with E-state index in [4.69, 9.17) is 15.0 Å². The summed E-state index contributed by atoms with van der Waals surface area (Å²) in [4.78, 5) is 15.7. The molecule has 3 heteroatoms. The highest BCUT2D eigenvalue weighted by atomic mass is 15.0. The molecule has 10 aromatic carbocycles. The van der Waals surface area contributed by atoms with E-state index < -0.39 is 5.41 Å². The summed E-state index contributed by atoms with van der Waals surface area (Å²) in [5.41, 5.74) is 15.0. The lowest BCUT2D eigenvalue weighted by Crippen LogP contribution is -2.25. The molecule has 2 aliphatic carbocycles. The molecule has 0 radical (unpaired) electrons. The fraction of sp³-hybridized carbons (Fsp3) is 0.0172. The van der Waals surface area contributed by atoms with Crippen LogP contribution in [-0.4, -0.2) is 15.0 Å². The Morgan fingerprint density at radius 1 is 0.279 bits per heavy atom. The van der Waals surface area contributed by atoms with Crippen LogP contribution in [0.3, 0.4) is 0 Å². The number of benzene rings is 10. The molecule has 61 heavy (non-hydrogen) atoms. The van der Waals surface area contributed by atoms with Crippen LogP contribution in [0.5, 0.6) is 0 Å². The zero-order valence-electron chi connectivity index (χ0n) is 33.0. The van der Waals surface area contributed by atoms with E-state index in [-0.39, 0.29) is 0 Å². The quantitative estimate of drug-likeness (QED) is 0.132. The van der Waals surface area contributed by atoms with Crippen LogP contribution in [0.15, 0.2) is 212 Å². The molecule has 0 fully saturated rings. The zero-order valence-corrected chi connectivity index (χ0v) is 33.0. The van der Waals surface area contributed by atoms with E-state index in [9.17, 15) is 0 Å². The van der Waals surface area contributed by atoms with E-state index in [1.807, 2.05) is 18.2 Å². The maximum Gasteiger partial charge on any atom is 0.164 e. The summed E-state index contributed by atoms with van der Waals surface area (Å²) < 4.78 is 0. The molecule has 0 atom stereocenters. The van der Waals surface area contributed by atoms with Gasteiger partial charge in [-0.15, -0.1) is 0 Å². The van der Waals surface area contributed by atoms with Gasteiger partial charge in [0.2, 0.25) is 0 Å². The first-order valence-electron chi connectivity index (χ1n) is 20.9. The molecule has 3 nitrogen and oxygen atoms in total. The molecule has 1 heterocycles. The predicted molar refractivity (Wildman–Crippen MR) is 250 cm³/mol. The smallest absolute Gasteiger partial charge is 0.164 e. The average Bonchev–Trinajstić information content (AvgIpc) is 3.80. The Kier molecular flexibility index (Phi) is 7.22. The van der Waals surface area contributed by atoms with Gasteiger partial charge in [0.05, 0.1) is 5.41 Å². The van der Waals surface area contributed by atoms with E-state index in [0.717, 1.165) is 22.3 Å². The molecule has 0 amide bonds. The predicted octanol–water partition coefficient (Wildman–Crippen LogP) is 14.3. The highest BCUT2D eigenvalue weighted by molar-refractivity contribution is 6.22. The number of nitrogens with zero attached hydrogens (tertiary/aromatic N) is 3. The molecule has 0 saturated carbocycles. The van der Waals surface area contributed by atoms with Crippen molar-refractivity contribution in [2.75, 3.05) is 0 Å². The van der Waals surface area contributed by atoms with E-state index in [1.165, 1.54) is 82.4 Å². The molecule has 0 saturated heterocycles. The Balaban J connectivity index is 0.998. The van der Waals surface area contributed by atoms with Crippen molar-refractivity contribution in [1.82, 2.24) is 15.0 Å². The number of hydrogen-bond donors (Lipinski definition) is 0. The number of hydrogen-bond acceptors (Lipinski definition) is 3. The van der Waals surface area contributed by atoms with Gasteiger partial charge in [0.1, 0.15) is 0 Å². The summed E-state index contributed by atoms with van der Waals surface area (Å²) in [6.07, 6.45) is 0. The largest absolute Gasteiger partial charge is 0.208 e. The summed E-state index contributed by atoms with van der Waals surface area (Å²) in [7, 11) is 0. The fourth-order valence-electron chi connectivity index (χ4n) is 10.5. The Morgan fingerprint density at radius 2 is 0.738 bits per heavy atom. The minimum Gasteiger partial charge on any atom is -0.208 e. The molecule has 0 bridgehead atoms. The van der Waals surface area contributed by atoms with Crippen molar-refractivity contribution in [3.63, 3.8) is 0 Å². The lowest BCUT2D eigenvalue weighted by atomic mass is 9.70.